The quantitative estimate of drug-likeness (QED) is 0.125. The Morgan fingerprint density at radius 1 is 0.414 bits per heavy atom. The first-order chi connectivity index (χ1) is 42.8. The molecule has 0 radical (unpaired) electrons. The first-order valence-corrected chi connectivity index (χ1v) is 31.9. The van der Waals surface area contributed by atoms with Crippen LogP contribution in [0.2, 0.25) is 0 Å². The molecule has 87 heavy (non-hydrogen) atoms. The van der Waals surface area contributed by atoms with Gasteiger partial charge in [-0.05, 0) is 131 Å². The monoisotopic (exact) mass is 1120 g/mol. The highest BCUT2D eigenvalue weighted by Gasteiger charge is 2.38. The lowest BCUT2D eigenvalue weighted by Gasteiger charge is -2.46. The van der Waals surface area contributed by atoms with Crippen molar-refractivity contribution in [3.8, 4) is 55.9 Å². The van der Waals surface area contributed by atoms with Crippen LogP contribution in [0.4, 0.5) is 0 Å². The molecule has 3 aromatic heterocycles. The summed E-state index contributed by atoms with van der Waals surface area (Å²) in [5.41, 5.74) is 26.0. The summed E-state index contributed by atoms with van der Waals surface area (Å²) in [6.45, 7) is 0. The van der Waals surface area contributed by atoms with E-state index in [4.69, 9.17) is 4.42 Å². The molecule has 0 bridgehead atoms. The Kier molecular flexibility index (Phi) is 12.6. The van der Waals surface area contributed by atoms with E-state index in [0.29, 0.717) is 0 Å². The molecule has 0 amide bonds. The molecular formula is C78H57B5N2OS. The summed E-state index contributed by atoms with van der Waals surface area (Å²) in [4.78, 5) is 5.28. The topological polar surface area (TPSA) is 23.0 Å². The summed E-state index contributed by atoms with van der Waals surface area (Å²) in [5, 5.41) is 5.89. The average molecular weight is 1120 g/mol. The van der Waals surface area contributed by atoms with E-state index in [1.807, 2.05) is 12.1 Å². The second-order valence-corrected chi connectivity index (χ2v) is 26.4. The molecule has 0 atom stereocenters. The zero-order valence-electron chi connectivity index (χ0n) is 49.5. The van der Waals surface area contributed by atoms with Crippen LogP contribution in [0.15, 0.2) is 279 Å². The zero-order valence-corrected chi connectivity index (χ0v) is 50.3. The van der Waals surface area contributed by atoms with Crippen molar-refractivity contribution in [1.29, 1.82) is 0 Å². The van der Waals surface area contributed by atoms with Gasteiger partial charge in [-0.2, -0.15) is 0 Å². The maximum Gasteiger partial charge on any atom is 0.139 e. The molecule has 0 saturated heterocycles. The van der Waals surface area contributed by atoms with Gasteiger partial charge in [0, 0.05) is 80.8 Å². The van der Waals surface area contributed by atoms with E-state index in [0.717, 1.165) is 73.9 Å². The Balaban J connectivity index is 0.975. The van der Waals surface area contributed by atoms with E-state index in [9.17, 15) is 0 Å². The van der Waals surface area contributed by atoms with Crippen molar-refractivity contribution < 1.29 is 4.42 Å². The van der Waals surface area contributed by atoms with Crippen LogP contribution in [-0.2, 0) is 6.42 Å². The molecule has 9 heteroatoms. The summed E-state index contributed by atoms with van der Waals surface area (Å²) < 4.78 is 11.5. The van der Waals surface area contributed by atoms with Crippen LogP contribution < -0.4 is 27.3 Å². The molecule has 0 fully saturated rings. The van der Waals surface area contributed by atoms with Gasteiger partial charge < -0.3 is 13.6 Å². The fourth-order valence-corrected chi connectivity index (χ4v) is 19.0. The number of aromatic nitrogens is 2. The molecule has 0 N–H and O–H groups in total. The lowest BCUT2D eigenvalue weighted by molar-refractivity contribution is 0.669. The molecule has 16 rings (SSSR count). The van der Waals surface area contributed by atoms with E-state index in [2.05, 4.69) is 309 Å². The maximum atomic E-state index is 6.33. The summed E-state index contributed by atoms with van der Waals surface area (Å²) in [7, 11) is 9.47. The van der Waals surface area contributed by atoms with Crippen LogP contribution >= 0.6 is 10.0 Å². The Hall–Kier alpha value is -9.99. The number of fused-ring (bicyclic) bond motifs is 9. The highest BCUT2D eigenvalue weighted by molar-refractivity contribution is 8.34. The number of hydrogen-bond acceptors (Lipinski definition) is 1. The Morgan fingerprint density at radius 3 is 1.78 bits per heavy atom. The van der Waals surface area contributed by atoms with Crippen LogP contribution in [0.1, 0.15) is 17.7 Å². The molecule has 3 nitrogen and oxygen atoms in total. The maximum absolute atomic E-state index is 6.33. The fraction of sp³-hybridized carbons (Fsp3) is 0.0256. The normalized spacial score (nSPS) is 12.6. The summed E-state index contributed by atoms with van der Waals surface area (Å²) >= 11 is 0. The Morgan fingerprint density at radius 2 is 1.03 bits per heavy atom. The van der Waals surface area contributed by atoms with Gasteiger partial charge in [-0.15, -0.1) is 26.4 Å². The predicted molar refractivity (Wildman–Crippen MR) is 383 cm³/mol. The minimum Gasteiger partial charge on any atom is -0.456 e. The fourth-order valence-electron chi connectivity index (χ4n) is 14.5. The van der Waals surface area contributed by atoms with Gasteiger partial charge in [0.2, 0.25) is 0 Å². The molecule has 0 saturated carbocycles. The Bertz CT molecular complexity index is 5150. The summed E-state index contributed by atoms with van der Waals surface area (Å²) in [6.07, 6.45) is 6.58. The van der Waals surface area contributed by atoms with Gasteiger partial charge in [0.05, 0.1) is 22.2 Å². The van der Waals surface area contributed by atoms with E-state index >= 15 is 0 Å². The van der Waals surface area contributed by atoms with Crippen LogP contribution in [0.3, 0.4) is 0 Å². The van der Waals surface area contributed by atoms with E-state index in [1.165, 1.54) is 108 Å². The SMILES string of the molecule is Bc1c(B)c(B)c(S(c2ccccc2)(c2ccccc2)c2cc(-c3c#cccc3)c(-n3c4c(c5cc(-n6c7ccccc7c7cccc(-c8ccccc8-c8ccc9oc%10ccccc%10c9c8)c76)ccc53)C=CCC4)c(-c3ccccc3)c2)c(B)c1B. The second kappa shape index (κ2) is 20.9. The van der Waals surface area contributed by atoms with Gasteiger partial charge in [-0.3, -0.25) is 0 Å². The number of hydrogen-bond donors (Lipinski definition) is 0. The van der Waals surface area contributed by atoms with Gasteiger partial charge in [0.25, 0.3) is 0 Å². The average Bonchev–Trinajstić information content (AvgIpc) is 1.58. The van der Waals surface area contributed by atoms with Crippen LogP contribution in [-0.4, -0.2) is 48.4 Å². The van der Waals surface area contributed by atoms with Crippen molar-refractivity contribution in [1.82, 2.24) is 9.13 Å². The third-order valence-electron chi connectivity index (χ3n) is 18.9. The molecular weight excluding hydrogens is 1070 g/mol. The van der Waals surface area contributed by atoms with Crippen molar-refractivity contribution in [2.45, 2.75) is 32.4 Å². The minimum absolute atomic E-state index is 0.885. The summed E-state index contributed by atoms with van der Waals surface area (Å²) in [5.74, 6) is 0. The van der Waals surface area contributed by atoms with E-state index in [1.54, 1.807) is 0 Å². The molecule has 3 heterocycles. The summed E-state index contributed by atoms with van der Waals surface area (Å²) in [6, 6.07) is 99.4. The highest BCUT2D eigenvalue weighted by atomic mass is 32.3. The third kappa shape index (κ3) is 8.15. The van der Waals surface area contributed by atoms with E-state index < -0.39 is 10.0 Å². The number of rotatable bonds is 10. The van der Waals surface area contributed by atoms with Crippen molar-refractivity contribution in [3.63, 3.8) is 0 Å². The molecule has 15 aromatic rings. The smallest absolute Gasteiger partial charge is 0.139 e. The largest absolute Gasteiger partial charge is 0.456 e. The number of para-hydroxylation sites is 3. The number of nitrogens with zero attached hydrogens (tertiary/aromatic N) is 2. The molecule has 0 spiro atoms. The lowest BCUT2D eigenvalue weighted by Crippen LogP contribution is -2.56. The van der Waals surface area contributed by atoms with E-state index in [-0.39, 0.29) is 0 Å². The van der Waals surface area contributed by atoms with Crippen molar-refractivity contribution >= 4 is 137 Å². The highest BCUT2D eigenvalue weighted by Crippen LogP contribution is 2.73. The van der Waals surface area contributed by atoms with Crippen LogP contribution in [0.25, 0.3) is 117 Å². The first kappa shape index (κ1) is 52.6. The molecule has 0 unspecified atom stereocenters. The first-order valence-electron chi connectivity index (χ1n) is 30.3. The van der Waals surface area contributed by atoms with Gasteiger partial charge in [-0.25, -0.2) is 0 Å². The zero-order chi connectivity index (χ0) is 58.5. The molecule has 1 aliphatic carbocycles. The molecule has 0 aliphatic heterocycles. The van der Waals surface area contributed by atoms with Gasteiger partial charge in [-0.1, -0.05) is 193 Å². The Labute approximate surface area is 514 Å². The minimum atomic E-state index is -2.22. The molecule has 1 aliphatic rings. The lowest BCUT2D eigenvalue weighted by atomic mass is 9.62. The van der Waals surface area contributed by atoms with Gasteiger partial charge >= 0.3 is 0 Å². The van der Waals surface area contributed by atoms with Crippen LogP contribution in [0, 0.1) is 12.1 Å². The van der Waals surface area contributed by atoms with Crippen molar-refractivity contribution in [3.05, 3.63) is 278 Å². The van der Waals surface area contributed by atoms with Gasteiger partial charge in [0.1, 0.15) is 50.4 Å². The molecule has 406 valence electrons. The van der Waals surface area contributed by atoms with Crippen molar-refractivity contribution in [2.24, 2.45) is 0 Å². The molecule has 12 aromatic carbocycles. The van der Waals surface area contributed by atoms with Crippen LogP contribution in [0.5, 0.6) is 0 Å². The van der Waals surface area contributed by atoms with Gasteiger partial charge in [0.15, 0.2) is 0 Å². The third-order valence-corrected chi connectivity index (χ3v) is 23.0. The number of allylic oxidation sites excluding steroid dienone is 1. The second-order valence-electron chi connectivity index (χ2n) is 23.4. The standard InChI is InChI=1S/C78H57B5N2OS/c79-71-72(80)74(82)78(75(83)73(71)81)87(52-26-9-3-10-27-52,53-28-11-4-12-29-53)54-46-62(48-22-5-1-6-23-48)77(63(47-54)49-24-7-2-8-25-49)85-67-38-19-16-33-58(67)64-45-51(41-42-68(64)85)84-66-37-18-15-32-57(66)61-36-21-35-60(76(61)84)56-31-14-13-30-55(56)50-40-43-70-65(44-50)59-34-17-20-39-69(59)86-70/h1-7,9-18,20-24,26-37,39-47H,19,38,79-83H2. The number of furan rings is 1. The number of benzene rings is 11. The van der Waals surface area contributed by atoms with Crippen molar-refractivity contribution in [2.75, 3.05) is 0 Å². The predicted octanol–water partition coefficient (Wildman–Crippen LogP) is 12.5.